The average molecular weight is 541 g/mol. The Hall–Kier alpha value is -4.88. The zero-order valence-corrected chi connectivity index (χ0v) is 22.8. The molecule has 0 aliphatic carbocycles. The quantitative estimate of drug-likeness (QED) is 0.0670. The molecule has 0 bridgehead atoms. The first-order valence-electron chi connectivity index (χ1n) is 13.0. The SMILES string of the molecule is CCCc1nc2c(C)cc(N=C(NC#N)N(C)CCO)cc2n1Cc1ccc(-c2ccccc2OC(=O)O)cc1. The minimum atomic E-state index is -1.35. The molecule has 1 aromatic heterocycles. The van der Waals surface area contributed by atoms with E-state index in [4.69, 9.17) is 14.8 Å². The van der Waals surface area contributed by atoms with Gasteiger partial charge in [-0.2, -0.15) is 5.26 Å². The van der Waals surface area contributed by atoms with Crippen molar-refractivity contribution < 1.29 is 19.7 Å². The lowest BCUT2D eigenvalue weighted by Gasteiger charge is -2.18. The van der Waals surface area contributed by atoms with Crippen LogP contribution in [0.4, 0.5) is 10.5 Å². The number of carboxylic acid groups (broad SMARTS) is 1. The van der Waals surface area contributed by atoms with Gasteiger partial charge in [0.1, 0.15) is 11.6 Å². The van der Waals surface area contributed by atoms with E-state index in [1.165, 1.54) is 0 Å². The van der Waals surface area contributed by atoms with E-state index in [9.17, 15) is 15.2 Å². The second kappa shape index (κ2) is 12.8. The summed E-state index contributed by atoms with van der Waals surface area (Å²) in [6.07, 6.45) is 2.31. The number of hydrogen-bond donors (Lipinski definition) is 3. The van der Waals surface area contributed by atoms with Crippen LogP contribution < -0.4 is 10.1 Å². The molecule has 0 unspecified atom stereocenters. The molecule has 0 fully saturated rings. The van der Waals surface area contributed by atoms with E-state index >= 15 is 0 Å². The molecule has 0 amide bonds. The maximum absolute atomic E-state index is 11.1. The van der Waals surface area contributed by atoms with Gasteiger partial charge >= 0.3 is 6.16 Å². The summed E-state index contributed by atoms with van der Waals surface area (Å²) in [4.78, 5) is 22.4. The molecule has 0 aliphatic heterocycles. The summed E-state index contributed by atoms with van der Waals surface area (Å²) in [6.45, 7) is 4.96. The molecule has 4 rings (SSSR count). The number of aromatic nitrogens is 2. The Balaban J connectivity index is 1.72. The van der Waals surface area contributed by atoms with Crippen molar-refractivity contribution in [3.8, 4) is 23.1 Å². The molecule has 0 aliphatic rings. The number of fused-ring (bicyclic) bond motifs is 1. The standard InChI is InChI=1S/C30H32N6O4/c1-4-7-27-34-28-20(2)16-23(33-29(32-19-31)35(3)14-15-37)17-25(28)36(27)18-21-10-12-22(13-11-21)24-8-5-6-9-26(24)40-30(38)39/h5-6,8-13,16-17,37H,4,7,14-15,18H2,1-3H3,(H,32,33)(H,38,39). The van der Waals surface area contributed by atoms with Gasteiger partial charge in [-0.1, -0.05) is 49.4 Å². The lowest BCUT2D eigenvalue weighted by atomic mass is 10.0. The van der Waals surface area contributed by atoms with Crippen LogP contribution >= 0.6 is 0 Å². The van der Waals surface area contributed by atoms with Gasteiger partial charge in [-0.3, -0.25) is 5.32 Å². The molecule has 0 saturated carbocycles. The molecule has 1 heterocycles. The van der Waals surface area contributed by atoms with Crippen molar-refractivity contribution in [1.29, 1.82) is 5.26 Å². The van der Waals surface area contributed by atoms with Gasteiger partial charge in [0.2, 0.25) is 5.96 Å². The van der Waals surface area contributed by atoms with E-state index in [0.29, 0.717) is 30.3 Å². The Labute approximate surface area is 232 Å². The molecule has 3 aromatic carbocycles. The molecular formula is C30H32N6O4. The molecule has 40 heavy (non-hydrogen) atoms. The number of hydrogen-bond acceptors (Lipinski definition) is 6. The number of aliphatic hydroxyl groups excluding tert-OH is 1. The molecule has 0 spiro atoms. The number of aryl methyl sites for hydroxylation is 2. The third-order valence-corrected chi connectivity index (χ3v) is 6.47. The number of likely N-dealkylation sites (N-methyl/N-ethyl adjacent to an activating group) is 1. The Morgan fingerprint density at radius 1 is 1.20 bits per heavy atom. The highest BCUT2D eigenvalue weighted by atomic mass is 16.7. The summed E-state index contributed by atoms with van der Waals surface area (Å²) >= 11 is 0. The molecule has 10 nitrogen and oxygen atoms in total. The van der Waals surface area contributed by atoms with Crippen molar-refractivity contribution in [1.82, 2.24) is 19.8 Å². The Kier molecular flexibility index (Phi) is 8.99. The molecule has 206 valence electrons. The first kappa shape index (κ1) is 28.1. The fourth-order valence-corrected chi connectivity index (χ4v) is 4.57. The van der Waals surface area contributed by atoms with Crippen LogP contribution in [0.1, 0.15) is 30.3 Å². The second-order valence-electron chi connectivity index (χ2n) is 9.37. The number of para-hydroxylation sites is 1. The predicted molar refractivity (Wildman–Crippen MR) is 154 cm³/mol. The zero-order valence-electron chi connectivity index (χ0n) is 22.8. The van der Waals surface area contributed by atoms with Crippen LogP contribution in [0.25, 0.3) is 22.2 Å². The summed E-state index contributed by atoms with van der Waals surface area (Å²) in [5, 5.41) is 30.2. The Bertz CT molecular complexity index is 1570. The number of nitrogens with one attached hydrogen (secondary N) is 1. The van der Waals surface area contributed by atoms with Gasteiger partial charge in [-0.25, -0.2) is 14.8 Å². The minimum absolute atomic E-state index is 0.0647. The Morgan fingerprint density at radius 2 is 1.95 bits per heavy atom. The van der Waals surface area contributed by atoms with Crippen molar-refractivity contribution in [2.24, 2.45) is 4.99 Å². The van der Waals surface area contributed by atoms with Gasteiger partial charge in [0, 0.05) is 32.1 Å². The van der Waals surface area contributed by atoms with E-state index in [1.807, 2.05) is 61.6 Å². The van der Waals surface area contributed by atoms with Crippen molar-refractivity contribution in [3.63, 3.8) is 0 Å². The number of nitrogens with zero attached hydrogens (tertiary/aromatic N) is 5. The average Bonchev–Trinajstić information content (AvgIpc) is 3.26. The van der Waals surface area contributed by atoms with Crippen molar-refractivity contribution in [3.05, 3.63) is 77.6 Å². The number of imidazole rings is 1. The molecule has 0 atom stereocenters. The first-order chi connectivity index (χ1) is 19.3. The number of ether oxygens (including phenoxy) is 1. The highest BCUT2D eigenvalue weighted by molar-refractivity contribution is 5.88. The predicted octanol–water partition coefficient (Wildman–Crippen LogP) is 5.05. The molecule has 0 radical (unpaired) electrons. The van der Waals surface area contributed by atoms with Gasteiger partial charge in [0.05, 0.1) is 23.3 Å². The normalized spacial score (nSPS) is 11.3. The smallest absolute Gasteiger partial charge is 0.449 e. The van der Waals surface area contributed by atoms with Gasteiger partial charge in [-0.05, 0) is 48.2 Å². The van der Waals surface area contributed by atoms with E-state index in [1.54, 1.807) is 24.1 Å². The van der Waals surface area contributed by atoms with Crippen LogP contribution in [0.5, 0.6) is 5.75 Å². The topological polar surface area (TPSA) is 136 Å². The Morgan fingerprint density at radius 3 is 2.62 bits per heavy atom. The van der Waals surface area contributed by atoms with Crippen molar-refractivity contribution in [2.75, 3.05) is 20.2 Å². The number of carbonyl (C=O) groups is 1. The van der Waals surface area contributed by atoms with E-state index < -0.39 is 6.16 Å². The highest BCUT2D eigenvalue weighted by Gasteiger charge is 2.16. The van der Waals surface area contributed by atoms with Crippen LogP contribution in [0.2, 0.25) is 0 Å². The van der Waals surface area contributed by atoms with Gasteiger partial charge in [0.25, 0.3) is 0 Å². The molecule has 0 saturated heterocycles. The van der Waals surface area contributed by atoms with Crippen molar-refractivity contribution in [2.45, 2.75) is 33.2 Å². The molecule has 4 aromatic rings. The van der Waals surface area contributed by atoms with Gasteiger partial charge in [0.15, 0.2) is 6.19 Å². The van der Waals surface area contributed by atoms with Crippen LogP contribution in [-0.4, -0.2) is 57.0 Å². The first-order valence-corrected chi connectivity index (χ1v) is 13.0. The number of rotatable bonds is 9. The molecule has 10 heteroatoms. The van der Waals surface area contributed by atoms with Crippen LogP contribution in [0.15, 0.2) is 65.7 Å². The summed E-state index contributed by atoms with van der Waals surface area (Å²) in [5.74, 6) is 1.60. The summed E-state index contributed by atoms with van der Waals surface area (Å²) in [7, 11) is 1.75. The van der Waals surface area contributed by atoms with Gasteiger partial charge in [-0.15, -0.1) is 0 Å². The highest BCUT2D eigenvalue weighted by Crippen LogP contribution is 2.31. The third-order valence-electron chi connectivity index (χ3n) is 6.47. The zero-order chi connectivity index (χ0) is 28.6. The number of guanidine groups is 1. The minimum Gasteiger partial charge on any atom is -0.449 e. The lowest BCUT2D eigenvalue weighted by Crippen LogP contribution is -2.37. The largest absolute Gasteiger partial charge is 0.511 e. The van der Waals surface area contributed by atoms with Crippen molar-refractivity contribution >= 4 is 28.8 Å². The number of benzene rings is 3. The van der Waals surface area contributed by atoms with Crippen LogP contribution in [-0.2, 0) is 13.0 Å². The maximum atomic E-state index is 11.1. The van der Waals surface area contributed by atoms with Crippen LogP contribution in [0.3, 0.4) is 0 Å². The molecular weight excluding hydrogens is 508 g/mol. The maximum Gasteiger partial charge on any atom is 0.511 e. The number of nitriles is 1. The van der Waals surface area contributed by atoms with E-state index in [2.05, 4.69) is 21.8 Å². The third kappa shape index (κ3) is 6.39. The summed E-state index contributed by atoms with van der Waals surface area (Å²) < 4.78 is 7.15. The molecule has 3 N–H and O–H groups in total. The number of aliphatic hydroxyl groups is 1. The fraction of sp³-hybridized carbons (Fsp3) is 0.267. The van der Waals surface area contributed by atoms with Gasteiger partial charge < -0.3 is 24.4 Å². The fourth-order valence-electron chi connectivity index (χ4n) is 4.57. The number of aliphatic imine (C=N–C) groups is 1. The second-order valence-corrected chi connectivity index (χ2v) is 9.37. The monoisotopic (exact) mass is 540 g/mol. The lowest BCUT2D eigenvalue weighted by molar-refractivity contribution is 0.144. The summed E-state index contributed by atoms with van der Waals surface area (Å²) in [5.41, 5.74) is 6.08. The van der Waals surface area contributed by atoms with Crippen LogP contribution in [0, 0.1) is 18.4 Å². The van der Waals surface area contributed by atoms with E-state index in [-0.39, 0.29) is 12.4 Å². The van der Waals surface area contributed by atoms with E-state index in [0.717, 1.165) is 46.4 Å². The summed E-state index contributed by atoms with van der Waals surface area (Å²) in [6, 6.07) is 18.9.